The van der Waals surface area contributed by atoms with Crippen LogP contribution in [0.25, 0.3) is 0 Å². The predicted molar refractivity (Wildman–Crippen MR) is 60.9 cm³/mol. The van der Waals surface area contributed by atoms with Crippen LogP contribution in [-0.2, 0) is 0 Å². The van der Waals surface area contributed by atoms with Gasteiger partial charge in [0.25, 0.3) is 0 Å². The molecule has 0 aromatic heterocycles. The van der Waals surface area contributed by atoms with Crippen molar-refractivity contribution >= 4 is 12.1 Å². The van der Waals surface area contributed by atoms with Crippen LogP contribution in [0.15, 0.2) is 46.7 Å². The summed E-state index contributed by atoms with van der Waals surface area (Å²) >= 11 is 0. The number of halogens is 1. The molecule has 2 aliphatic rings. The van der Waals surface area contributed by atoms with E-state index >= 15 is 0 Å². The minimum Gasteiger partial charge on any atom is -0.328 e. The van der Waals surface area contributed by atoms with Gasteiger partial charge in [-0.1, -0.05) is 12.1 Å². The van der Waals surface area contributed by atoms with Gasteiger partial charge in [0.2, 0.25) is 0 Å². The molecule has 1 unspecified atom stereocenters. The van der Waals surface area contributed by atoms with Crippen molar-refractivity contribution in [3.05, 3.63) is 48.0 Å². The molecule has 0 amide bonds. The second kappa shape index (κ2) is 3.56. The van der Waals surface area contributed by atoms with Gasteiger partial charge in [-0.15, -0.1) is 0 Å². The number of hydrogen-bond acceptors (Lipinski definition) is 3. The maximum Gasteiger partial charge on any atom is 0.147 e. The third-order valence-electron chi connectivity index (χ3n) is 2.73. The minimum absolute atomic E-state index is 0.0739. The Labute approximate surface area is 92.6 Å². The molecule has 0 radical (unpaired) electrons. The maximum absolute atomic E-state index is 12.8. The van der Waals surface area contributed by atoms with E-state index in [1.807, 2.05) is 11.1 Å². The molecule has 1 atom stereocenters. The molecule has 0 bridgehead atoms. The van der Waals surface area contributed by atoms with E-state index in [0.717, 1.165) is 17.9 Å². The molecule has 0 saturated carbocycles. The number of nitrogens with zero attached hydrogens (tertiary/aromatic N) is 3. The molecule has 1 aromatic rings. The molecular weight excluding hydrogens is 205 g/mol. The number of fused-ring (bicyclic) bond motifs is 1. The lowest BCUT2D eigenvalue weighted by atomic mass is 10.1. The van der Waals surface area contributed by atoms with Gasteiger partial charge in [-0.05, 0) is 17.7 Å². The van der Waals surface area contributed by atoms with Crippen LogP contribution in [-0.4, -0.2) is 23.5 Å². The van der Waals surface area contributed by atoms with Crippen LogP contribution in [0.4, 0.5) is 4.39 Å². The Hall–Kier alpha value is -1.97. The second-order valence-electron chi connectivity index (χ2n) is 3.78. The Morgan fingerprint density at radius 1 is 1.25 bits per heavy atom. The van der Waals surface area contributed by atoms with Crippen molar-refractivity contribution in [2.24, 2.45) is 9.98 Å². The van der Waals surface area contributed by atoms with Crippen molar-refractivity contribution in [3.8, 4) is 0 Å². The average molecular weight is 215 g/mol. The lowest BCUT2D eigenvalue weighted by Gasteiger charge is -2.15. The SMILES string of the molecule is Fc1ccc(C2CN3C=CN=CC3=N2)cc1. The van der Waals surface area contributed by atoms with E-state index in [9.17, 15) is 4.39 Å². The number of benzene rings is 1. The summed E-state index contributed by atoms with van der Waals surface area (Å²) in [5.41, 5.74) is 1.03. The first-order valence-corrected chi connectivity index (χ1v) is 5.13. The molecule has 3 nitrogen and oxygen atoms in total. The van der Waals surface area contributed by atoms with Crippen LogP contribution in [0.2, 0.25) is 0 Å². The largest absolute Gasteiger partial charge is 0.328 e. The Balaban J connectivity index is 1.88. The van der Waals surface area contributed by atoms with Crippen LogP contribution >= 0.6 is 0 Å². The van der Waals surface area contributed by atoms with E-state index in [1.54, 1.807) is 24.5 Å². The van der Waals surface area contributed by atoms with Gasteiger partial charge in [0, 0.05) is 12.4 Å². The number of rotatable bonds is 1. The highest BCUT2D eigenvalue weighted by atomic mass is 19.1. The second-order valence-corrected chi connectivity index (χ2v) is 3.78. The van der Waals surface area contributed by atoms with E-state index in [1.165, 1.54) is 12.1 Å². The molecule has 16 heavy (non-hydrogen) atoms. The Bertz CT molecular complexity index is 487. The first-order valence-electron chi connectivity index (χ1n) is 5.13. The van der Waals surface area contributed by atoms with Crippen LogP contribution in [0.5, 0.6) is 0 Å². The van der Waals surface area contributed by atoms with E-state index in [0.29, 0.717) is 0 Å². The monoisotopic (exact) mass is 215 g/mol. The molecule has 0 aliphatic carbocycles. The molecule has 1 aromatic carbocycles. The predicted octanol–water partition coefficient (Wildman–Crippen LogP) is 2.14. The van der Waals surface area contributed by atoms with Crippen LogP contribution in [0.3, 0.4) is 0 Å². The molecule has 0 N–H and O–H groups in total. The highest BCUT2D eigenvalue weighted by Crippen LogP contribution is 2.25. The zero-order valence-corrected chi connectivity index (χ0v) is 8.55. The van der Waals surface area contributed by atoms with Gasteiger partial charge in [0.05, 0.1) is 18.8 Å². The van der Waals surface area contributed by atoms with Gasteiger partial charge < -0.3 is 4.90 Å². The van der Waals surface area contributed by atoms with Crippen LogP contribution < -0.4 is 0 Å². The molecule has 0 saturated heterocycles. The topological polar surface area (TPSA) is 28.0 Å². The highest BCUT2D eigenvalue weighted by Gasteiger charge is 2.24. The molecule has 3 rings (SSSR count). The maximum atomic E-state index is 12.8. The zero-order chi connectivity index (χ0) is 11.0. The lowest BCUT2D eigenvalue weighted by molar-refractivity contribution is 0.550. The van der Waals surface area contributed by atoms with Crippen molar-refractivity contribution in [2.75, 3.05) is 6.54 Å². The third-order valence-corrected chi connectivity index (χ3v) is 2.73. The quantitative estimate of drug-likeness (QED) is 0.705. The van der Waals surface area contributed by atoms with Gasteiger partial charge in [-0.2, -0.15) is 0 Å². The summed E-state index contributed by atoms with van der Waals surface area (Å²) in [4.78, 5) is 10.6. The smallest absolute Gasteiger partial charge is 0.147 e. The van der Waals surface area contributed by atoms with Gasteiger partial charge >= 0.3 is 0 Å². The van der Waals surface area contributed by atoms with Crippen molar-refractivity contribution in [2.45, 2.75) is 6.04 Å². The van der Waals surface area contributed by atoms with Crippen molar-refractivity contribution in [1.29, 1.82) is 0 Å². The normalized spacial score (nSPS) is 22.2. The van der Waals surface area contributed by atoms with E-state index < -0.39 is 0 Å². The van der Waals surface area contributed by atoms with Crippen molar-refractivity contribution in [3.63, 3.8) is 0 Å². The van der Waals surface area contributed by atoms with Crippen LogP contribution in [0, 0.1) is 5.82 Å². The van der Waals surface area contributed by atoms with Crippen molar-refractivity contribution in [1.82, 2.24) is 4.90 Å². The summed E-state index contributed by atoms with van der Waals surface area (Å²) in [7, 11) is 0. The molecule has 0 spiro atoms. The Morgan fingerprint density at radius 3 is 2.81 bits per heavy atom. The molecule has 4 heteroatoms. The van der Waals surface area contributed by atoms with E-state index in [4.69, 9.17) is 0 Å². The summed E-state index contributed by atoms with van der Waals surface area (Å²) in [6.45, 7) is 0.795. The number of hydrogen-bond donors (Lipinski definition) is 0. The summed E-state index contributed by atoms with van der Waals surface area (Å²) in [5.74, 6) is 0.658. The molecule has 80 valence electrons. The fourth-order valence-electron chi connectivity index (χ4n) is 1.89. The van der Waals surface area contributed by atoms with Gasteiger partial charge in [0.15, 0.2) is 0 Å². The molecule has 0 fully saturated rings. The Morgan fingerprint density at radius 2 is 2.06 bits per heavy atom. The van der Waals surface area contributed by atoms with Crippen molar-refractivity contribution < 1.29 is 4.39 Å². The number of amidine groups is 1. The first-order chi connectivity index (χ1) is 7.83. The lowest BCUT2D eigenvalue weighted by Crippen LogP contribution is -2.24. The molecule has 2 heterocycles. The van der Waals surface area contributed by atoms with Gasteiger partial charge in [-0.25, -0.2) is 4.39 Å². The zero-order valence-electron chi connectivity index (χ0n) is 8.55. The summed E-state index contributed by atoms with van der Waals surface area (Å²) in [6, 6.07) is 6.57. The standard InChI is InChI=1S/C12H10FN3/c13-10-3-1-9(2-4-10)11-8-16-6-5-14-7-12(16)15-11/h1-7,11H,8H2. The van der Waals surface area contributed by atoms with Crippen LogP contribution in [0.1, 0.15) is 11.6 Å². The third kappa shape index (κ3) is 1.52. The van der Waals surface area contributed by atoms with Gasteiger partial charge in [0.1, 0.15) is 11.7 Å². The highest BCUT2D eigenvalue weighted by molar-refractivity contribution is 6.30. The minimum atomic E-state index is -0.214. The first kappa shape index (κ1) is 9.27. The Kier molecular flexibility index (Phi) is 2.06. The molecular formula is C12H10FN3. The summed E-state index contributed by atoms with van der Waals surface area (Å²) < 4.78 is 12.8. The average Bonchev–Trinajstić information content (AvgIpc) is 2.73. The molecule has 2 aliphatic heterocycles. The van der Waals surface area contributed by atoms with Gasteiger partial charge in [-0.3, -0.25) is 9.98 Å². The van der Waals surface area contributed by atoms with E-state index in [2.05, 4.69) is 9.98 Å². The fraction of sp³-hybridized carbons (Fsp3) is 0.167. The fourth-order valence-corrected chi connectivity index (χ4v) is 1.89. The van der Waals surface area contributed by atoms with E-state index in [-0.39, 0.29) is 11.9 Å². The summed E-state index contributed by atoms with van der Waals surface area (Å²) in [5, 5.41) is 0. The summed E-state index contributed by atoms with van der Waals surface area (Å²) in [6.07, 6.45) is 5.39. The number of aliphatic imine (C=N–C) groups is 2.